The molecular formula is C77H90N2O20. The van der Waals surface area contributed by atoms with Gasteiger partial charge in [0.05, 0.1) is 57.4 Å². The summed E-state index contributed by atoms with van der Waals surface area (Å²) in [7, 11) is 0. The van der Waals surface area contributed by atoms with Crippen LogP contribution in [0.4, 0.5) is 0 Å². The number of ether oxygens (including phenoxy) is 14. The van der Waals surface area contributed by atoms with Crippen LogP contribution in [0.1, 0.15) is 122 Å². The highest BCUT2D eigenvalue weighted by Crippen LogP contribution is 2.41. The van der Waals surface area contributed by atoms with E-state index in [1.165, 1.54) is 13.8 Å². The monoisotopic (exact) mass is 1360 g/mol. The van der Waals surface area contributed by atoms with Gasteiger partial charge in [-0.2, -0.15) is 0 Å². The highest BCUT2D eigenvalue weighted by molar-refractivity contribution is 6.21. The average molecular weight is 1360 g/mol. The van der Waals surface area contributed by atoms with Crippen LogP contribution >= 0.6 is 0 Å². The van der Waals surface area contributed by atoms with E-state index < -0.39 is 134 Å². The van der Waals surface area contributed by atoms with Gasteiger partial charge >= 0.3 is 17.9 Å². The van der Waals surface area contributed by atoms with E-state index in [0.29, 0.717) is 12.0 Å². The van der Waals surface area contributed by atoms with Crippen molar-refractivity contribution in [3.8, 4) is 0 Å². The SMILES string of the molecule is CCCCCCCCO[C@H]1O[C@H](COCc2ccccc2)[C@@H](OCc2ccccc2)[C@H](OCc2ccccc2)[C@@H]1O[C@@H]1O[C@H](COCc2ccccc2)[C@@H](O[C@@H]2O[C@H](COC(C)=O)[C@H](OC(C)=O)[C@H](OC(C)=O)[C@H]2NC(C)=O)[C@H](OCc2ccccc2)[C@H]1N1C(=O)c2ccccc2C1=O. The maximum atomic E-state index is 15.6. The lowest BCUT2D eigenvalue weighted by Gasteiger charge is -2.52. The molecule has 22 nitrogen and oxygen atoms in total. The molecule has 0 radical (unpaired) electrons. The molecule has 528 valence electrons. The molecule has 0 aliphatic carbocycles. The molecule has 0 saturated carbocycles. The highest BCUT2D eigenvalue weighted by atomic mass is 16.8. The average Bonchev–Trinajstić information content (AvgIpc) is 1.66. The summed E-state index contributed by atoms with van der Waals surface area (Å²) >= 11 is 0. The summed E-state index contributed by atoms with van der Waals surface area (Å²) in [5.41, 5.74) is 4.24. The predicted molar refractivity (Wildman–Crippen MR) is 358 cm³/mol. The van der Waals surface area contributed by atoms with E-state index in [1.54, 1.807) is 24.3 Å². The van der Waals surface area contributed by atoms with Gasteiger partial charge in [-0.15, -0.1) is 0 Å². The molecule has 0 unspecified atom stereocenters. The molecule has 3 saturated heterocycles. The Morgan fingerprint density at radius 2 is 0.818 bits per heavy atom. The summed E-state index contributed by atoms with van der Waals surface area (Å²) < 4.78 is 95.2. The van der Waals surface area contributed by atoms with Gasteiger partial charge in [0.15, 0.2) is 31.1 Å². The van der Waals surface area contributed by atoms with Crippen molar-refractivity contribution in [1.82, 2.24) is 10.2 Å². The summed E-state index contributed by atoms with van der Waals surface area (Å²) in [6.45, 7) is 6.45. The number of hydrogen-bond donors (Lipinski definition) is 1. The second kappa shape index (κ2) is 37.4. The standard InChI is InChI=1S/C77H90N2O20/c1-6-7-8-9-10-28-41-88-77-72(71(92-46-58-37-24-15-25-38-58)66(90-44-56-33-20-13-21-34-56)61(97-77)47-86-42-54-29-16-11-17-30-54)99-76-65(79-73(84)59-39-26-27-40-60(59)74(79)85)70(91-45-57-35-22-14-23-36-57)68(62(96-76)48-87-43-55-31-18-12-19-32-55)98-75-64(78-50(2)80)69(94-53(5)83)67(93-52(4)82)63(95-75)49-89-51(3)81/h11-27,29-40,61-72,75-77H,6-10,28,41-49H2,1-5H3,(H,78,80)/t61-,62-,63-,64-,65-,66-,67+,68-,69-,70-,71+,72+,75+,76+,77+/m1/s1. The Morgan fingerprint density at radius 1 is 0.404 bits per heavy atom. The minimum absolute atomic E-state index is 0.0143. The molecule has 99 heavy (non-hydrogen) atoms. The van der Waals surface area contributed by atoms with Gasteiger partial charge in [0.1, 0.15) is 67.5 Å². The van der Waals surface area contributed by atoms with Crippen molar-refractivity contribution in [2.45, 2.75) is 198 Å². The van der Waals surface area contributed by atoms with Gasteiger partial charge in [-0.05, 0) is 46.4 Å². The Morgan fingerprint density at radius 3 is 1.31 bits per heavy atom. The van der Waals surface area contributed by atoms with E-state index in [1.807, 2.05) is 152 Å². The minimum Gasteiger partial charge on any atom is -0.463 e. The number of nitrogens with one attached hydrogen (secondary N) is 1. The maximum Gasteiger partial charge on any atom is 0.303 e. The second-order valence-corrected chi connectivity index (χ2v) is 24.9. The van der Waals surface area contributed by atoms with Gasteiger partial charge in [-0.25, -0.2) is 0 Å². The number of rotatable bonds is 35. The molecule has 0 spiro atoms. The van der Waals surface area contributed by atoms with Gasteiger partial charge in [-0.1, -0.05) is 203 Å². The van der Waals surface area contributed by atoms with Crippen molar-refractivity contribution in [2.75, 3.05) is 26.4 Å². The molecule has 6 aromatic rings. The zero-order chi connectivity index (χ0) is 69.5. The predicted octanol–water partition coefficient (Wildman–Crippen LogP) is 10.1. The number of carbonyl (C=O) groups excluding carboxylic acids is 6. The molecular weight excluding hydrogens is 1270 g/mol. The van der Waals surface area contributed by atoms with E-state index in [4.69, 9.17) is 66.3 Å². The highest BCUT2D eigenvalue weighted by Gasteiger charge is 2.61. The van der Waals surface area contributed by atoms with Crippen LogP contribution in [-0.4, -0.2) is 159 Å². The summed E-state index contributed by atoms with van der Waals surface area (Å²) in [4.78, 5) is 84.6. The Hall–Kier alpha value is -8.10. The first-order valence-corrected chi connectivity index (χ1v) is 34.0. The lowest BCUT2D eigenvalue weighted by atomic mass is 9.92. The van der Waals surface area contributed by atoms with Gasteiger partial charge in [-0.3, -0.25) is 33.7 Å². The van der Waals surface area contributed by atoms with Crippen LogP contribution in [0.5, 0.6) is 0 Å². The number of amides is 3. The number of nitrogens with zero attached hydrogens (tertiary/aromatic N) is 1. The van der Waals surface area contributed by atoms with E-state index in [0.717, 1.165) is 73.1 Å². The van der Waals surface area contributed by atoms with Crippen molar-refractivity contribution in [3.05, 3.63) is 215 Å². The van der Waals surface area contributed by atoms with Crippen LogP contribution in [0.25, 0.3) is 0 Å². The Balaban J connectivity index is 1.14. The lowest BCUT2D eigenvalue weighted by Crippen LogP contribution is -2.71. The molecule has 4 heterocycles. The zero-order valence-electron chi connectivity index (χ0n) is 56.6. The topological polar surface area (TPSA) is 247 Å². The Kier molecular flexibility index (Phi) is 27.8. The van der Waals surface area contributed by atoms with Gasteiger partial charge in [0.25, 0.3) is 11.8 Å². The number of benzene rings is 6. The van der Waals surface area contributed by atoms with Crippen LogP contribution in [-0.2, 0) is 119 Å². The molecule has 10 rings (SSSR count). The van der Waals surface area contributed by atoms with E-state index in [9.17, 15) is 19.2 Å². The molecule has 4 aliphatic heterocycles. The summed E-state index contributed by atoms with van der Waals surface area (Å²) in [5.74, 6) is -4.47. The summed E-state index contributed by atoms with van der Waals surface area (Å²) in [5, 5.41) is 2.81. The number of hydrogen-bond acceptors (Lipinski definition) is 20. The van der Waals surface area contributed by atoms with E-state index in [2.05, 4.69) is 12.2 Å². The van der Waals surface area contributed by atoms with Crippen LogP contribution in [0, 0.1) is 0 Å². The lowest BCUT2D eigenvalue weighted by molar-refractivity contribution is -0.380. The summed E-state index contributed by atoms with van der Waals surface area (Å²) in [6.07, 6.45) is -12.1. The normalized spacial score (nSPS) is 25.9. The number of imide groups is 1. The first-order chi connectivity index (χ1) is 48.2. The fraction of sp³-hybridized carbons (Fsp3) is 0.455. The van der Waals surface area contributed by atoms with Crippen molar-refractivity contribution in [2.24, 2.45) is 0 Å². The maximum absolute atomic E-state index is 15.6. The molecule has 0 bridgehead atoms. The van der Waals surface area contributed by atoms with Crippen LogP contribution in [0.3, 0.4) is 0 Å². The first-order valence-electron chi connectivity index (χ1n) is 34.0. The summed E-state index contributed by atoms with van der Waals surface area (Å²) in [6, 6.07) is 50.9. The van der Waals surface area contributed by atoms with Crippen molar-refractivity contribution in [3.63, 3.8) is 0 Å². The van der Waals surface area contributed by atoms with E-state index >= 15 is 9.59 Å². The van der Waals surface area contributed by atoms with Gasteiger partial charge in [0, 0.05) is 34.3 Å². The first kappa shape index (κ1) is 73.6. The van der Waals surface area contributed by atoms with Crippen molar-refractivity contribution in [1.29, 1.82) is 0 Å². The molecule has 3 amide bonds. The Labute approximate surface area is 578 Å². The smallest absolute Gasteiger partial charge is 0.303 e. The Bertz CT molecular complexity index is 3470. The molecule has 22 heteroatoms. The third-order valence-corrected chi connectivity index (χ3v) is 17.4. The minimum atomic E-state index is -1.73. The quantitative estimate of drug-likeness (QED) is 0.0168. The molecule has 4 aliphatic rings. The van der Waals surface area contributed by atoms with Crippen LogP contribution in [0.2, 0.25) is 0 Å². The number of esters is 3. The number of fused-ring (bicyclic) bond motifs is 1. The number of carbonyl (C=O) groups is 6. The van der Waals surface area contributed by atoms with Crippen molar-refractivity contribution < 1.29 is 95.1 Å². The largest absolute Gasteiger partial charge is 0.463 e. The third kappa shape index (κ3) is 20.5. The van der Waals surface area contributed by atoms with Crippen LogP contribution < -0.4 is 5.32 Å². The van der Waals surface area contributed by atoms with Gasteiger partial charge < -0.3 is 71.6 Å². The fourth-order valence-electron chi connectivity index (χ4n) is 12.8. The molecule has 6 aromatic carbocycles. The molecule has 1 N–H and O–H groups in total. The number of unbranched alkanes of at least 4 members (excludes halogenated alkanes) is 5. The second-order valence-electron chi connectivity index (χ2n) is 24.9. The third-order valence-electron chi connectivity index (χ3n) is 17.4. The molecule has 15 atom stereocenters. The molecule has 3 fully saturated rings. The van der Waals surface area contributed by atoms with E-state index in [-0.39, 0.29) is 64.0 Å². The zero-order valence-corrected chi connectivity index (χ0v) is 56.6. The molecule has 0 aromatic heterocycles. The fourth-order valence-corrected chi connectivity index (χ4v) is 12.8. The van der Waals surface area contributed by atoms with Gasteiger partial charge in [0.2, 0.25) is 5.91 Å². The van der Waals surface area contributed by atoms with Crippen LogP contribution in [0.15, 0.2) is 176 Å². The van der Waals surface area contributed by atoms with Crippen molar-refractivity contribution >= 4 is 35.6 Å².